The third kappa shape index (κ3) is 2.33. The number of carbonyl (C=O) groups is 1. The van der Waals surface area contributed by atoms with Crippen molar-refractivity contribution in [3.05, 3.63) is 71.9 Å². The smallest absolute Gasteiger partial charge is 0.212 e. The molecule has 0 fully saturated rings. The highest BCUT2D eigenvalue weighted by molar-refractivity contribution is 7.19. The highest BCUT2D eigenvalue weighted by Crippen LogP contribution is 2.32. The number of hydrogen-bond donors (Lipinski definition) is 1. The number of benzene rings is 2. The Morgan fingerprint density at radius 1 is 0.950 bits per heavy atom. The second-order valence-electron chi connectivity index (χ2n) is 4.29. The molecule has 1 heterocycles. The van der Waals surface area contributed by atoms with Crippen LogP contribution in [0.25, 0.3) is 10.4 Å². The summed E-state index contributed by atoms with van der Waals surface area (Å²) in [7, 11) is 0. The van der Waals surface area contributed by atoms with E-state index in [-0.39, 0.29) is 5.78 Å². The number of rotatable bonds is 3. The van der Waals surface area contributed by atoms with E-state index in [0.29, 0.717) is 16.4 Å². The molecule has 0 saturated carbocycles. The first-order chi connectivity index (χ1) is 9.75. The molecule has 0 atom stereocenters. The molecule has 3 rings (SSSR count). The second kappa shape index (κ2) is 5.27. The zero-order valence-corrected chi connectivity index (χ0v) is 11.4. The Hall–Kier alpha value is -2.46. The minimum absolute atomic E-state index is 0.0996. The van der Waals surface area contributed by atoms with Crippen LogP contribution in [-0.2, 0) is 0 Å². The van der Waals surface area contributed by atoms with Gasteiger partial charge in [0.2, 0.25) is 5.78 Å². The zero-order chi connectivity index (χ0) is 13.9. The molecule has 4 heteroatoms. The van der Waals surface area contributed by atoms with Gasteiger partial charge >= 0.3 is 0 Å². The highest BCUT2D eigenvalue weighted by atomic mass is 32.1. The monoisotopic (exact) mass is 280 g/mol. The van der Waals surface area contributed by atoms with Crippen molar-refractivity contribution in [1.82, 2.24) is 4.98 Å². The molecular weight excluding hydrogens is 268 g/mol. The fourth-order valence-electron chi connectivity index (χ4n) is 2.00. The SMILES string of the molecule is Nc1nc(C(=O)c2ccccc2)c(-c2ccccc2)s1. The van der Waals surface area contributed by atoms with Crippen LogP contribution in [-0.4, -0.2) is 10.8 Å². The minimum atomic E-state index is -0.0996. The summed E-state index contributed by atoms with van der Waals surface area (Å²) in [4.78, 5) is 17.6. The van der Waals surface area contributed by atoms with E-state index in [4.69, 9.17) is 5.73 Å². The third-order valence-electron chi connectivity index (χ3n) is 2.93. The molecule has 0 aliphatic carbocycles. The first-order valence-corrected chi connectivity index (χ1v) is 6.99. The first kappa shape index (κ1) is 12.6. The van der Waals surface area contributed by atoms with Crippen LogP contribution in [0, 0.1) is 0 Å². The summed E-state index contributed by atoms with van der Waals surface area (Å²) in [6.45, 7) is 0. The molecule has 2 N–H and O–H groups in total. The molecule has 0 bridgehead atoms. The van der Waals surface area contributed by atoms with Crippen molar-refractivity contribution in [2.45, 2.75) is 0 Å². The number of nitrogens with two attached hydrogens (primary N) is 1. The van der Waals surface area contributed by atoms with Crippen molar-refractivity contribution in [1.29, 1.82) is 0 Å². The van der Waals surface area contributed by atoms with Crippen LogP contribution in [0.1, 0.15) is 16.1 Å². The number of ketones is 1. The van der Waals surface area contributed by atoms with E-state index in [2.05, 4.69) is 4.98 Å². The number of anilines is 1. The number of nitrogens with zero attached hydrogens (tertiary/aromatic N) is 1. The molecule has 3 nitrogen and oxygen atoms in total. The number of thiazole rings is 1. The van der Waals surface area contributed by atoms with E-state index >= 15 is 0 Å². The van der Waals surface area contributed by atoms with Gasteiger partial charge in [-0.25, -0.2) is 4.98 Å². The number of nitrogen functional groups attached to an aromatic ring is 1. The summed E-state index contributed by atoms with van der Waals surface area (Å²) >= 11 is 1.34. The van der Waals surface area contributed by atoms with Gasteiger partial charge in [0.1, 0.15) is 5.69 Å². The van der Waals surface area contributed by atoms with Gasteiger partial charge in [-0.3, -0.25) is 4.79 Å². The molecule has 2 aromatic carbocycles. The molecule has 3 aromatic rings. The van der Waals surface area contributed by atoms with Crippen molar-refractivity contribution in [2.24, 2.45) is 0 Å². The average Bonchev–Trinajstić information content (AvgIpc) is 2.90. The topological polar surface area (TPSA) is 56.0 Å². The lowest BCUT2D eigenvalue weighted by Gasteiger charge is -2.01. The van der Waals surface area contributed by atoms with Crippen molar-refractivity contribution in [3.8, 4) is 10.4 Å². The Kier molecular flexibility index (Phi) is 3.31. The van der Waals surface area contributed by atoms with Gasteiger partial charge in [0.15, 0.2) is 5.13 Å². The van der Waals surface area contributed by atoms with Crippen LogP contribution < -0.4 is 5.73 Å². The molecule has 0 saturated heterocycles. The largest absolute Gasteiger partial charge is 0.375 e. The zero-order valence-electron chi connectivity index (χ0n) is 10.6. The lowest BCUT2D eigenvalue weighted by molar-refractivity contribution is 0.103. The maximum absolute atomic E-state index is 12.5. The van der Waals surface area contributed by atoms with Crippen molar-refractivity contribution >= 4 is 22.3 Å². The first-order valence-electron chi connectivity index (χ1n) is 6.17. The number of hydrogen-bond acceptors (Lipinski definition) is 4. The van der Waals surface area contributed by atoms with Crippen LogP contribution >= 0.6 is 11.3 Å². The summed E-state index contributed by atoms with van der Waals surface area (Å²) in [6.07, 6.45) is 0. The average molecular weight is 280 g/mol. The predicted octanol–water partition coefficient (Wildman–Crippen LogP) is 3.62. The molecule has 0 aliphatic heterocycles. The van der Waals surface area contributed by atoms with Crippen molar-refractivity contribution < 1.29 is 4.79 Å². The lowest BCUT2D eigenvalue weighted by Crippen LogP contribution is -2.03. The van der Waals surface area contributed by atoms with Crippen LogP contribution in [0.2, 0.25) is 0 Å². The van der Waals surface area contributed by atoms with E-state index in [0.717, 1.165) is 10.4 Å². The van der Waals surface area contributed by atoms with Crippen LogP contribution in [0.3, 0.4) is 0 Å². The number of aromatic nitrogens is 1. The van der Waals surface area contributed by atoms with E-state index < -0.39 is 0 Å². The van der Waals surface area contributed by atoms with Gasteiger partial charge in [0.25, 0.3) is 0 Å². The Balaban J connectivity index is 2.09. The molecule has 0 unspecified atom stereocenters. The standard InChI is InChI=1S/C16H12N2OS/c17-16-18-13(14(19)11-7-3-1-4-8-11)15(20-16)12-9-5-2-6-10-12/h1-10H,(H2,17,18). The van der Waals surface area contributed by atoms with E-state index in [1.165, 1.54) is 11.3 Å². The fourth-order valence-corrected chi connectivity index (χ4v) is 2.84. The molecule has 0 spiro atoms. The summed E-state index contributed by atoms with van der Waals surface area (Å²) in [6, 6.07) is 18.8. The Morgan fingerprint density at radius 2 is 1.55 bits per heavy atom. The Morgan fingerprint density at radius 3 is 2.20 bits per heavy atom. The third-order valence-corrected chi connectivity index (χ3v) is 3.86. The summed E-state index contributed by atoms with van der Waals surface area (Å²) in [5.74, 6) is -0.0996. The van der Waals surface area contributed by atoms with Gasteiger partial charge in [-0.05, 0) is 5.56 Å². The van der Waals surface area contributed by atoms with Crippen molar-refractivity contribution in [3.63, 3.8) is 0 Å². The molecule has 0 aliphatic rings. The van der Waals surface area contributed by atoms with Crippen LogP contribution in [0.15, 0.2) is 60.7 Å². The highest BCUT2D eigenvalue weighted by Gasteiger charge is 2.19. The minimum Gasteiger partial charge on any atom is -0.375 e. The summed E-state index contributed by atoms with van der Waals surface area (Å²) in [5.41, 5.74) is 7.79. The quantitative estimate of drug-likeness (QED) is 0.745. The maximum atomic E-state index is 12.5. The van der Waals surface area contributed by atoms with Gasteiger partial charge in [0.05, 0.1) is 4.88 Å². The van der Waals surface area contributed by atoms with Gasteiger partial charge < -0.3 is 5.73 Å². The number of carbonyl (C=O) groups excluding carboxylic acids is 1. The van der Waals surface area contributed by atoms with E-state index in [9.17, 15) is 4.79 Å². The normalized spacial score (nSPS) is 10.4. The molecule has 1 aromatic heterocycles. The van der Waals surface area contributed by atoms with E-state index in [1.807, 2.05) is 48.5 Å². The predicted molar refractivity (Wildman–Crippen MR) is 81.8 cm³/mol. The molecule has 0 amide bonds. The molecule has 20 heavy (non-hydrogen) atoms. The van der Waals surface area contributed by atoms with E-state index in [1.54, 1.807) is 12.1 Å². The molecular formula is C16H12N2OS. The maximum Gasteiger partial charge on any atom is 0.212 e. The van der Waals surface area contributed by atoms with Crippen LogP contribution in [0.4, 0.5) is 5.13 Å². The fraction of sp³-hybridized carbons (Fsp3) is 0. The van der Waals surface area contributed by atoms with Gasteiger partial charge in [-0.2, -0.15) is 0 Å². The Bertz CT molecular complexity index is 736. The van der Waals surface area contributed by atoms with Gasteiger partial charge in [0, 0.05) is 5.56 Å². The summed E-state index contributed by atoms with van der Waals surface area (Å²) < 4.78 is 0. The van der Waals surface area contributed by atoms with Gasteiger partial charge in [-0.15, -0.1) is 0 Å². The van der Waals surface area contributed by atoms with Crippen LogP contribution in [0.5, 0.6) is 0 Å². The summed E-state index contributed by atoms with van der Waals surface area (Å²) in [5, 5.41) is 0.406. The molecule has 98 valence electrons. The van der Waals surface area contributed by atoms with Crippen molar-refractivity contribution in [2.75, 3.05) is 5.73 Å². The lowest BCUT2D eigenvalue weighted by atomic mass is 10.0. The Labute approximate surface area is 120 Å². The second-order valence-corrected chi connectivity index (χ2v) is 5.32. The van der Waals surface area contributed by atoms with Gasteiger partial charge in [-0.1, -0.05) is 72.0 Å². The molecule has 0 radical (unpaired) electrons.